The van der Waals surface area contributed by atoms with Crippen LogP contribution in [0.4, 0.5) is 26.3 Å². The molecule has 3 atom stereocenters. The molecule has 3 aliphatic heterocycles. The van der Waals surface area contributed by atoms with Crippen molar-refractivity contribution in [1.82, 2.24) is 19.7 Å². The van der Waals surface area contributed by atoms with Crippen LogP contribution in [0.25, 0.3) is 0 Å². The Hall–Kier alpha value is -3.89. The number of hydrogen-bond acceptors (Lipinski definition) is 7. The summed E-state index contributed by atoms with van der Waals surface area (Å²) in [4.78, 5) is 50.7. The molecule has 0 bridgehead atoms. The second-order valence-electron chi connectivity index (χ2n) is 13.6. The zero-order valence-corrected chi connectivity index (χ0v) is 30.1. The number of piperidine rings is 2. The molecule has 0 radical (unpaired) electrons. The second-order valence-corrected chi connectivity index (χ2v) is 14.9. The first-order valence-corrected chi connectivity index (χ1v) is 18.5. The molecular formula is C36H37ClF6N4O5S. The third-order valence-corrected chi connectivity index (χ3v) is 11.3. The van der Waals surface area contributed by atoms with E-state index in [4.69, 9.17) is 16.3 Å². The van der Waals surface area contributed by atoms with E-state index in [0.717, 1.165) is 34.7 Å². The van der Waals surface area contributed by atoms with Crippen LogP contribution in [0.1, 0.15) is 77.5 Å². The summed E-state index contributed by atoms with van der Waals surface area (Å²) in [7, 11) is 0. The number of ether oxygens (including phenoxy) is 1. The molecule has 0 spiro atoms. The fourth-order valence-corrected chi connectivity index (χ4v) is 8.47. The Morgan fingerprint density at radius 2 is 1.75 bits per heavy atom. The van der Waals surface area contributed by atoms with E-state index >= 15 is 4.79 Å². The summed E-state index contributed by atoms with van der Waals surface area (Å²) in [6.45, 7) is 1.98. The van der Waals surface area contributed by atoms with Gasteiger partial charge in [-0.05, 0) is 61.1 Å². The van der Waals surface area contributed by atoms with Crippen LogP contribution in [0, 0.1) is 0 Å². The van der Waals surface area contributed by atoms with E-state index in [1.54, 1.807) is 30.0 Å². The highest BCUT2D eigenvalue weighted by atomic mass is 35.5. The molecule has 0 unspecified atom stereocenters. The molecule has 9 nitrogen and oxygen atoms in total. The van der Waals surface area contributed by atoms with Gasteiger partial charge in [-0.3, -0.25) is 19.4 Å². The summed E-state index contributed by atoms with van der Waals surface area (Å²) in [6, 6.07) is 5.15. The maximum atomic E-state index is 15.4. The lowest BCUT2D eigenvalue weighted by atomic mass is 9.78. The number of aliphatic hydroxyl groups excluding tert-OH is 1. The van der Waals surface area contributed by atoms with E-state index < -0.39 is 70.0 Å². The van der Waals surface area contributed by atoms with Crippen molar-refractivity contribution in [3.05, 3.63) is 80.3 Å². The van der Waals surface area contributed by atoms with Gasteiger partial charge in [0.15, 0.2) is 0 Å². The van der Waals surface area contributed by atoms with Gasteiger partial charge in [0.05, 0.1) is 17.7 Å². The van der Waals surface area contributed by atoms with Crippen molar-refractivity contribution in [2.75, 3.05) is 19.6 Å². The number of benzene rings is 1. The maximum absolute atomic E-state index is 15.4. The molecule has 0 saturated carbocycles. The number of amides is 3. The molecule has 5 heterocycles. The Morgan fingerprint density at radius 1 is 1.02 bits per heavy atom. The summed E-state index contributed by atoms with van der Waals surface area (Å²) in [5, 5.41) is 11.6. The second kappa shape index (κ2) is 15.1. The largest absolute Gasteiger partial charge is 0.474 e. The molecule has 2 saturated heterocycles. The normalized spacial score (nSPS) is 22.8. The monoisotopic (exact) mass is 786 g/mol. The lowest BCUT2D eigenvalue weighted by Gasteiger charge is -2.51. The zero-order chi connectivity index (χ0) is 38.3. The van der Waals surface area contributed by atoms with E-state index in [-0.39, 0.29) is 57.6 Å². The number of thiophene rings is 1. The minimum atomic E-state index is -4.94. The Bertz CT molecular complexity index is 1850. The average molecular weight is 787 g/mol. The van der Waals surface area contributed by atoms with Gasteiger partial charge in [0.2, 0.25) is 11.5 Å². The average Bonchev–Trinajstić information content (AvgIpc) is 3.60. The number of aliphatic hydroxyl groups is 1. The third kappa shape index (κ3) is 7.86. The number of alkyl halides is 6. The summed E-state index contributed by atoms with van der Waals surface area (Å²) >= 11 is 6.66. The van der Waals surface area contributed by atoms with Crippen LogP contribution < -0.4 is 4.74 Å². The number of fused-ring (bicyclic) bond motifs is 1. The molecule has 2 aromatic heterocycles. The standard InChI is InChI=1S/C36H37ClF6N4O5S/c1-2-5-28-34(52-25-18-29(53-20-25)36(41,42)43,11-4-13-46(28)32(50)30-26(35(38,39)40)6-3-12-44-30)33(51)47-19-21-7-8-23(37)16-22(21)17-27(47)31(49)45-14-9-24(48)10-15-45/h3,6-8,12,16,18,20,24,27-28,48H,2,4-5,9-11,13-15,17,19H2,1H3/t27-,28-,34+/m1/s1. The first-order chi connectivity index (χ1) is 25.0. The highest BCUT2D eigenvalue weighted by molar-refractivity contribution is 7.10. The molecule has 3 aliphatic rings. The van der Waals surface area contributed by atoms with E-state index in [1.807, 2.05) is 0 Å². The van der Waals surface area contributed by atoms with Crippen molar-refractivity contribution in [2.24, 2.45) is 0 Å². The maximum Gasteiger partial charge on any atom is 0.425 e. The Kier molecular flexibility index (Phi) is 11.1. The number of halogens is 7. The van der Waals surface area contributed by atoms with E-state index in [9.17, 15) is 41.0 Å². The van der Waals surface area contributed by atoms with Gasteiger partial charge in [-0.1, -0.05) is 31.0 Å². The highest BCUT2D eigenvalue weighted by Gasteiger charge is 2.58. The van der Waals surface area contributed by atoms with E-state index in [0.29, 0.717) is 46.7 Å². The van der Waals surface area contributed by atoms with Crippen LogP contribution in [0.2, 0.25) is 5.02 Å². The van der Waals surface area contributed by atoms with Crippen LogP contribution in [-0.4, -0.2) is 85.9 Å². The molecule has 0 aliphatic carbocycles. The van der Waals surface area contributed by atoms with Crippen LogP contribution in [0.15, 0.2) is 48.0 Å². The molecule has 3 amide bonds. The number of aromatic nitrogens is 1. The number of carbonyl (C=O) groups excluding carboxylic acids is 3. The topological polar surface area (TPSA) is 103 Å². The first kappa shape index (κ1) is 38.8. The molecule has 3 aromatic rings. The van der Waals surface area contributed by atoms with Crippen LogP contribution in [-0.2, 0) is 34.9 Å². The van der Waals surface area contributed by atoms with Gasteiger partial charge >= 0.3 is 12.4 Å². The fraction of sp³-hybridized carbons (Fsp3) is 0.500. The van der Waals surface area contributed by atoms with Gasteiger partial charge in [-0.25, -0.2) is 0 Å². The molecule has 2 fully saturated rings. The van der Waals surface area contributed by atoms with Gasteiger partial charge in [-0.2, -0.15) is 26.3 Å². The Balaban J connectivity index is 1.48. The van der Waals surface area contributed by atoms with Gasteiger partial charge in [-0.15, -0.1) is 11.3 Å². The molecule has 6 rings (SSSR count). The molecule has 286 valence electrons. The Labute approximate surface area is 310 Å². The van der Waals surface area contributed by atoms with Crippen molar-refractivity contribution < 1.29 is 50.6 Å². The summed E-state index contributed by atoms with van der Waals surface area (Å²) in [5.41, 5.74) is -2.92. The lowest BCUT2D eigenvalue weighted by molar-refractivity contribution is -0.167. The lowest BCUT2D eigenvalue weighted by Crippen LogP contribution is -2.70. The smallest absolute Gasteiger partial charge is 0.425 e. The number of rotatable bonds is 7. The summed E-state index contributed by atoms with van der Waals surface area (Å²) < 4.78 is 90.1. The number of nitrogens with zero attached hydrogens (tertiary/aromatic N) is 4. The predicted molar refractivity (Wildman–Crippen MR) is 182 cm³/mol. The number of likely N-dealkylation sites (tertiary alicyclic amines) is 2. The van der Waals surface area contributed by atoms with Gasteiger partial charge < -0.3 is 24.5 Å². The van der Waals surface area contributed by atoms with Gasteiger partial charge in [0.25, 0.3) is 11.8 Å². The van der Waals surface area contributed by atoms with Crippen molar-refractivity contribution in [2.45, 2.75) is 94.6 Å². The van der Waals surface area contributed by atoms with Crippen molar-refractivity contribution >= 4 is 40.7 Å². The van der Waals surface area contributed by atoms with E-state index in [1.165, 1.54) is 4.90 Å². The van der Waals surface area contributed by atoms with Crippen molar-refractivity contribution in [3.63, 3.8) is 0 Å². The quantitative estimate of drug-likeness (QED) is 0.259. The first-order valence-electron chi connectivity index (χ1n) is 17.3. The molecular weight excluding hydrogens is 750 g/mol. The third-order valence-electron chi connectivity index (χ3n) is 10.1. The van der Waals surface area contributed by atoms with Crippen molar-refractivity contribution in [1.29, 1.82) is 0 Å². The van der Waals surface area contributed by atoms with E-state index in [2.05, 4.69) is 4.98 Å². The van der Waals surface area contributed by atoms with Crippen molar-refractivity contribution in [3.8, 4) is 5.75 Å². The number of pyridine rings is 1. The minimum Gasteiger partial charge on any atom is -0.474 e. The fourth-order valence-electron chi connectivity index (χ4n) is 7.60. The molecule has 1 aromatic carbocycles. The SMILES string of the molecule is CCC[C@H]1N(C(=O)c2ncccc2C(F)(F)F)CCC[C@@]1(Oc1csc(C(F)(F)F)c1)C(=O)N1Cc2ccc(Cl)cc2C[C@@H]1C(=O)N1CCC(O)CC1. The van der Waals surface area contributed by atoms with Crippen LogP contribution in [0.3, 0.4) is 0 Å². The van der Waals surface area contributed by atoms with Gasteiger partial charge in [0.1, 0.15) is 22.4 Å². The molecule has 53 heavy (non-hydrogen) atoms. The zero-order valence-electron chi connectivity index (χ0n) is 28.6. The number of hydrogen-bond donors (Lipinski definition) is 1. The summed E-state index contributed by atoms with van der Waals surface area (Å²) in [5.74, 6) is -2.63. The van der Waals surface area contributed by atoms with Crippen LogP contribution in [0.5, 0.6) is 5.75 Å². The molecule has 1 N–H and O–H groups in total. The predicted octanol–water partition coefficient (Wildman–Crippen LogP) is 6.99. The molecule has 17 heteroatoms. The van der Waals surface area contributed by atoms with Crippen LogP contribution >= 0.6 is 22.9 Å². The highest BCUT2D eigenvalue weighted by Crippen LogP contribution is 2.44. The Morgan fingerprint density at radius 3 is 2.42 bits per heavy atom. The number of carbonyl (C=O) groups is 3. The summed E-state index contributed by atoms with van der Waals surface area (Å²) in [6.07, 6.45) is -8.29. The minimum absolute atomic E-state index is 0.0184. The van der Waals surface area contributed by atoms with Gasteiger partial charge in [0, 0.05) is 61.7 Å².